The van der Waals surface area contributed by atoms with E-state index >= 15 is 0 Å². The first-order valence-electron chi connectivity index (χ1n) is 7.26. The van der Waals surface area contributed by atoms with Crippen LogP contribution >= 0.6 is 0 Å². The molecule has 3 atom stereocenters. The van der Waals surface area contributed by atoms with E-state index in [4.69, 9.17) is 10.5 Å². The van der Waals surface area contributed by atoms with Gasteiger partial charge in [0.1, 0.15) is 11.8 Å². The summed E-state index contributed by atoms with van der Waals surface area (Å²) in [5, 5.41) is 10.3. The fraction of sp³-hybridized carbons (Fsp3) is 1.00. The molecule has 0 radical (unpaired) electrons. The van der Waals surface area contributed by atoms with Crippen molar-refractivity contribution >= 4 is 0 Å². The summed E-state index contributed by atoms with van der Waals surface area (Å²) in [5.41, 5.74) is 4.93. The average Bonchev–Trinajstić information content (AvgIpc) is 2.27. The molecule has 1 aliphatic carbocycles. The van der Waals surface area contributed by atoms with E-state index in [-0.39, 0.29) is 6.10 Å². The fourth-order valence-corrected chi connectivity index (χ4v) is 3.27. The van der Waals surface area contributed by atoms with Gasteiger partial charge in [0.15, 0.2) is 0 Å². The van der Waals surface area contributed by atoms with Gasteiger partial charge in [-0.2, -0.15) is 0 Å². The van der Waals surface area contributed by atoms with Crippen molar-refractivity contribution in [3.63, 3.8) is 0 Å². The molecule has 1 aliphatic heterocycles. The minimum atomic E-state index is -1.10. The number of hydrogen-bond acceptors (Lipinski definition) is 3. The maximum atomic E-state index is 10.3. The Morgan fingerprint density at radius 2 is 2.00 bits per heavy atom. The maximum absolute atomic E-state index is 10.3. The number of nitrogens with two attached hydrogens (primary N) is 1. The zero-order valence-electron chi connectivity index (χ0n) is 11.0. The van der Waals surface area contributed by atoms with Crippen LogP contribution < -0.4 is 5.73 Å². The molecule has 100 valence electrons. The van der Waals surface area contributed by atoms with Crippen LogP contribution in [0.3, 0.4) is 0 Å². The zero-order chi connectivity index (χ0) is 12.3. The summed E-state index contributed by atoms with van der Waals surface area (Å²) < 4.78 is 5.46. The van der Waals surface area contributed by atoms with Crippen molar-refractivity contribution in [2.24, 2.45) is 17.6 Å². The monoisotopic (exact) mass is 241 g/mol. The second-order valence-corrected chi connectivity index (χ2v) is 5.96. The number of ether oxygens (including phenoxy) is 1. The van der Waals surface area contributed by atoms with Crippen LogP contribution in [-0.2, 0) is 4.74 Å². The van der Waals surface area contributed by atoms with Crippen LogP contribution in [0, 0.1) is 11.8 Å². The van der Waals surface area contributed by atoms with E-state index in [0.29, 0.717) is 12.3 Å². The van der Waals surface area contributed by atoms with E-state index in [9.17, 15) is 5.11 Å². The van der Waals surface area contributed by atoms with Gasteiger partial charge in [-0.05, 0) is 25.2 Å². The molecular weight excluding hydrogens is 214 g/mol. The summed E-state index contributed by atoms with van der Waals surface area (Å²) in [7, 11) is 0. The highest BCUT2D eigenvalue weighted by Crippen LogP contribution is 2.35. The summed E-state index contributed by atoms with van der Waals surface area (Å²) in [6.07, 6.45) is 9.40. The SMILES string of the molecule is CC[C@H]1CO[C@@H]1[C@](N)(O)CCC1CCCCC1. The van der Waals surface area contributed by atoms with Gasteiger partial charge in [0.05, 0.1) is 6.61 Å². The Hall–Kier alpha value is -0.120. The average molecular weight is 241 g/mol. The van der Waals surface area contributed by atoms with E-state index < -0.39 is 5.72 Å². The van der Waals surface area contributed by atoms with Crippen LogP contribution in [0.2, 0.25) is 0 Å². The summed E-state index contributed by atoms with van der Waals surface area (Å²) in [6.45, 7) is 2.90. The van der Waals surface area contributed by atoms with E-state index in [1.807, 2.05) is 0 Å². The minimum absolute atomic E-state index is 0.129. The molecule has 3 N–H and O–H groups in total. The quantitative estimate of drug-likeness (QED) is 0.727. The predicted octanol–water partition coefficient (Wildman–Crippen LogP) is 2.42. The van der Waals surface area contributed by atoms with Crippen LogP contribution in [0.4, 0.5) is 0 Å². The predicted molar refractivity (Wildman–Crippen MR) is 68.5 cm³/mol. The standard InChI is InChI=1S/C14H27NO2/c1-2-12-10-17-13(12)14(15,16)9-8-11-6-4-3-5-7-11/h11-13,16H,2-10,15H2,1H3/t12-,13-,14+/m0/s1. The largest absolute Gasteiger partial charge is 0.373 e. The van der Waals surface area contributed by atoms with Gasteiger partial charge in [0, 0.05) is 5.92 Å². The van der Waals surface area contributed by atoms with E-state index in [1.54, 1.807) is 0 Å². The van der Waals surface area contributed by atoms with E-state index in [0.717, 1.165) is 25.4 Å². The first kappa shape index (κ1) is 13.3. The molecule has 3 heteroatoms. The normalized spacial score (nSPS) is 34.1. The first-order chi connectivity index (χ1) is 8.13. The first-order valence-corrected chi connectivity index (χ1v) is 7.26. The molecule has 1 heterocycles. The van der Waals surface area contributed by atoms with E-state index in [2.05, 4.69) is 6.92 Å². The molecule has 1 saturated heterocycles. The van der Waals surface area contributed by atoms with Crippen LogP contribution in [0.25, 0.3) is 0 Å². The second-order valence-electron chi connectivity index (χ2n) is 5.96. The van der Waals surface area contributed by atoms with Gasteiger partial charge >= 0.3 is 0 Å². The minimum Gasteiger partial charge on any atom is -0.373 e. The van der Waals surface area contributed by atoms with E-state index in [1.165, 1.54) is 32.1 Å². The highest BCUT2D eigenvalue weighted by Gasteiger charge is 2.44. The van der Waals surface area contributed by atoms with Crippen LogP contribution in [0.15, 0.2) is 0 Å². The topological polar surface area (TPSA) is 55.5 Å². The third-order valence-electron chi connectivity index (χ3n) is 4.61. The molecule has 0 bridgehead atoms. The van der Waals surface area contributed by atoms with Crippen molar-refractivity contribution in [2.45, 2.75) is 70.1 Å². The van der Waals surface area contributed by atoms with Gasteiger partial charge in [-0.25, -0.2) is 0 Å². The lowest BCUT2D eigenvalue weighted by atomic mass is 9.80. The molecule has 0 aromatic heterocycles. The fourth-order valence-electron chi connectivity index (χ4n) is 3.27. The van der Waals surface area contributed by atoms with Crippen molar-refractivity contribution in [3.8, 4) is 0 Å². The Balaban J connectivity index is 1.76. The molecule has 0 aromatic rings. The van der Waals surface area contributed by atoms with Gasteiger partial charge in [-0.15, -0.1) is 0 Å². The third kappa shape index (κ3) is 3.21. The molecular formula is C14H27NO2. The van der Waals surface area contributed by atoms with Crippen molar-refractivity contribution in [3.05, 3.63) is 0 Å². The van der Waals surface area contributed by atoms with Gasteiger partial charge in [0.2, 0.25) is 0 Å². The number of aliphatic hydroxyl groups is 1. The summed E-state index contributed by atoms with van der Waals surface area (Å²) in [5.74, 6) is 1.23. The summed E-state index contributed by atoms with van der Waals surface area (Å²) in [4.78, 5) is 0. The Morgan fingerprint density at radius 3 is 2.53 bits per heavy atom. The summed E-state index contributed by atoms with van der Waals surface area (Å²) >= 11 is 0. The van der Waals surface area contributed by atoms with Gasteiger partial charge < -0.3 is 15.6 Å². The Morgan fingerprint density at radius 1 is 1.29 bits per heavy atom. The van der Waals surface area contributed by atoms with Crippen molar-refractivity contribution < 1.29 is 9.84 Å². The number of rotatable bonds is 5. The second kappa shape index (κ2) is 5.68. The lowest BCUT2D eigenvalue weighted by molar-refractivity contribution is -0.214. The van der Waals surface area contributed by atoms with Gasteiger partial charge in [-0.1, -0.05) is 39.0 Å². The highest BCUT2D eigenvalue weighted by atomic mass is 16.5. The van der Waals surface area contributed by atoms with Crippen LogP contribution in [0.5, 0.6) is 0 Å². The Kier molecular flexibility index (Phi) is 4.45. The van der Waals surface area contributed by atoms with Gasteiger partial charge in [-0.3, -0.25) is 0 Å². The lowest BCUT2D eigenvalue weighted by Crippen LogP contribution is -2.61. The van der Waals surface area contributed by atoms with Crippen molar-refractivity contribution in [2.75, 3.05) is 6.61 Å². The van der Waals surface area contributed by atoms with Crippen molar-refractivity contribution in [1.29, 1.82) is 0 Å². The molecule has 2 rings (SSSR count). The molecule has 0 amide bonds. The zero-order valence-corrected chi connectivity index (χ0v) is 11.0. The lowest BCUT2D eigenvalue weighted by Gasteiger charge is -2.45. The molecule has 0 aromatic carbocycles. The van der Waals surface area contributed by atoms with Crippen LogP contribution in [0.1, 0.15) is 58.3 Å². The summed E-state index contributed by atoms with van der Waals surface area (Å²) in [6, 6.07) is 0. The molecule has 2 fully saturated rings. The molecule has 0 spiro atoms. The Bertz CT molecular complexity index is 234. The molecule has 0 unspecified atom stereocenters. The molecule has 3 nitrogen and oxygen atoms in total. The smallest absolute Gasteiger partial charge is 0.140 e. The molecule has 2 aliphatic rings. The molecule has 1 saturated carbocycles. The molecule has 17 heavy (non-hydrogen) atoms. The highest BCUT2D eigenvalue weighted by molar-refractivity contribution is 4.92. The number of hydrogen-bond donors (Lipinski definition) is 2. The van der Waals surface area contributed by atoms with Gasteiger partial charge in [0.25, 0.3) is 0 Å². The third-order valence-corrected chi connectivity index (χ3v) is 4.61. The van der Waals surface area contributed by atoms with Crippen LogP contribution in [-0.4, -0.2) is 23.5 Å². The maximum Gasteiger partial charge on any atom is 0.140 e. The van der Waals surface area contributed by atoms with Crippen molar-refractivity contribution in [1.82, 2.24) is 0 Å². The Labute approximate surface area is 105 Å².